The van der Waals surface area contributed by atoms with Gasteiger partial charge in [-0.25, -0.2) is 5.01 Å². The third-order valence-corrected chi connectivity index (χ3v) is 2.64. The second kappa shape index (κ2) is 1.68. The Balaban J connectivity index is 2.00. The number of hydrogen-bond acceptors (Lipinski definition) is 3. The van der Waals surface area contributed by atoms with Gasteiger partial charge in [-0.1, -0.05) is 0 Å². The number of fused-ring (bicyclic) bond motifs is 1. The van der Waals surface area contributed by atoms with Gasteiger partial charge in [0.2, 0.25) is 0 Å². The van der Waals surface area contributed by atoms with Gasteiger partial charge in [-0.3, -0.25) is 5.84 Å². The van der Waals surface area contributed by atoms with Crippen LogP contribution in [0.25, 0.3) is 0 Å². The summed E-state index contributed by atoms with van der Waals surface area (Å²) in [5, 5.41) is 1.89. The minimum atomic E-state index is 0.448. The molecule has 1 heterocycles. The van der Waals surface area contributed by atoms with Gasteiger partial charge >= 0.3 is 0 Å². The van der Waals surface area contributed by atoms with Gasteiger partial charge in [-0.15, -0.1) is 0 Å². The Kier molecular flexibility index (Phi) is 1.06. The highest BCUT2D eigenvalue weighted by Gasteiger charge is 2.44. The first-order valence-electron chi connectivity index (χ1n) is 3.52. The molecule has 2 fully saturated rings. The third kappa shape index (κ3) is 0.689. The first-order valence-corrected chi connectivity index (χ1v) is 3.52. The lowest BCUT2D eigenvalue weighted by molar-refractivity contribution is 0.194. The van der Waals surface area contributed by atoms with Crippen LogP contribution >= 0.6 is 0 Å². The molecule has 3 nitrogen and oxygen atoms in total. The second-order valence-corrected chi connectivity index (χ2v) is 3.28. The van der Waals surface area contributed by atoms with Crippen LogP contribution in [0.4, 0.5) is 0 Å². The smallest absolute Gasteiger partial charge is 0.0175 e. The molecule has 3 heteroatoms. The van der Waals surface area contributed by atoms with E-state index >= 15 is 0 Å². The zero-order valence-electron chi connectivity index (χ0n) is 5.46. The maximum absolute atomic E-state index is 5.74. The van der Waals surface area contributed by atoms with Gasteiger partial charge in [0.05, 0.1) is 0 Å². The summed E-state index contributed by atoms with van der Waals surface area (Å²) in [6.45, 7) is 2.09. The van der Waals surface area contributed by atoms with E-state index in [1.807, 2.05) is 5.01 Å². The zero-order valence-corrected chi connectivity index (χ0v) is 5.46. The molecule has 9 heavy (non-hydrogen) atoms. The maximum Gasteiger partial charge on any atom is 0.0175 e. The van der Waals surface area contributed by atoms with E-state index in [-0.39, 0.29) is 0 Å². The largest absolute Gasteiger partial charge is 0.327 e. The molecule has 2 rings (SSSR count). The van der Waals surface area contributed by atoms with Crippen molar-refractivity contribution in [1.82, 2.24) is 5.01 Å². The lowest BCUT2D eigenvalue weighted by Gasteiger charge is -2.36. The average Bonchev–Trinajstić information content (AvgIpc) is 2.08. The Labute approximate surface area is 55.0 Å². The van der Waals surface area contributed by atoms with Crippen LogP contribution in [0.5, 0.6) is 0 Å². The van der Waals surface area contributed by atoms with Gasteiger partial charge in [0.1, 0.15) is 0 Å². The second-order valence-electron chi connectivity index (χ2n) is 3.28. The van der Waals surface area contributed by atoms with Crippen molar-refractivity contribution in [1.29, 1.82) is 0 Å². The van der Waals surface area contributed by atoms with Crippen LogP contribution in [0.1, 0.15) is 6.42 Å². The van der Waals surface area contributed by atoms with Crippen LogP contribution in [0, 0.1) is 11.8 Å². The van der Waals surface area contributed by atoms with E-state index < -0.39 is 0 Å². The molecule has 0 aromatic heterocycles. The summed E-state index contributed by atoms with van der Waals surface area (Å²) in [5.41, 5.74) is 5.74. The van der Waals surface area contributed by atoms with Crippen molar-refractivity contribution in [2.45, 2.75) is 12.5 Å². The van der Waals surface area contributed by atoms with Crippen molar-refractivity contribution < 1.29 is 0 Å². The molecule has 0 unspecified atom stereocenters. The van der Waals surface area contributed by atoms with Gasteiger partial charge in [0.15, 0.2) is 0 Å². The van der Waals surface area contributed by atoms with Crippen LogP contribution in [0.3, 0.4) is 0 Å². The predicted octanol–water partition coefficient (Wildman–Crippen LogP) is -0.861. The van der Waals surface area contributed by atoms with Gasteiger partial charge < -0.3 is 5.73 Å². The molecule has 52 valence electrons. The lowest BCUT2D eigenvalue weighted by atomic mass is 9.72. The fraction of sp³-hybridized carbons (Fsp3) is 1.00. The van der Waals surface area contributed by atoms with Gasteiger partial charge in [0.25, 0.3) is 0 Å². The first kappa shape index (κ1) is 5.65. The molecule has 3 atom stereocenters. The van der Waals surface area contributed by atoms with E-state index in [9.17, 15) is 0 Å². The number of rotatable bonds is 0. The minimum absolute atomic E-state index is 0.448. The topological polar surface area (TPSA) is 55.3 Å². The Hall–Kier alpha value is -0.120. The predicted molar refractivity (Wildman–Crippen MR) is 35.3 cm³/mol. The SMILES string of the molecule is N[C@@H]1C[C@@H]2CN(N)C[C@@H]21. The summed E-state index contributed by atoms with van der Waals surface area (Å²) >= 11 is 0. The van der Waals surface area contributed by atoms with E-state index in [0.29, 0.717) is 6.04 Å². The van der Waals surface area contributed by atoms with Crippen LogP contribution in [0.15, 0.2) is 0 Å². The molecule has 1 saturated carbocycles. The molecule has 0 aromatic carbocycles. The molecule has 2 aliphatic rings. The quantitative estimate of drug-likeness (QED) is 0.416. The molecule has 4 N–H and O–H groups in total. The Bertz CT molecular complexity index is 125. The van der Waals surface area contributed by atoms with Crippen molar-refractivity contribution in [3.8, 4) is 0 Å². The number of hydrogen-bond donors (Lipinski definition) is 2. The highest BCUT2D eigenvalue weighted by molar-refractivity contribution is 4.98. The van der Waals surface area contributed by atoms with Crippen molar-refractivity contribution in [2.24, 2.45) is 23.4 Å². The molecule has 1 aliphatic heterocycles. The molecular formula is C6H13N3. The molecule has 1 saturated heterocycles. The van der Waals surface area contributed by atoms with Crippen molar-refractivity contribution >= 4 is 0 Å². The summed E-state index contributed by atoms with van der Waals surface area (Å²) < 4.78 is 0. The molecule has 0 radical (unpaired) electrons. The fourth-order valence-corrected chi connectivity index (χ4v) is 1.99. The molecular weight excluding hydrogens is 114 g/mol. The Morgan fingerprint density at radius 2 is 2.11 bits per heavy atom. The summed E-state index contributed by atoms with van der Waals surface area (Å²) in [6.07, 6.45) is 1.19. The van der Waals surface area contributed by atoms with Crippen molar-refractivity contribution in [2.75, 3.05) is 13.1 Å². The normalized spacial score (nSPS) is 50.7. The van der Waals surface area contributed by atoms with Crippen LogP contribution in [0.2, 0.25) is 0 Å². The van der Waals surface area contributed by atoms with Gasteiger partial charge in [0, 0.05) is 19.1 Å². The fourth-order valence-electron chi connectivity index (χ4n) is 1.99. The summed E-state index contributed by atoms with van der Waals surface area (Å²) in [5.74, 6) is 7.14. The first-order chi connectivity index (χ1) is 4.27. The number of hydrazine groups is 1. The van der Waals surface area contributed by atoms with E-state index in [2.05, 4.69) is 0 Å². The van der Waals surface area contributed by atoms with E-state index in [1.54, 1.807) is 0 Å². The summed E-state index contributed by atoms with van der Waals surface area (Å²) in [4.78, 5) is 0. The van der Waals surface area contributed by atoms with Gasteiger partial charge in [-0.05, 0) is 18.3 Å². The average molecular weight is 127 g/mol. The zero-order chi connectivity index (χ0) is 6.43. The summed E-state index contributed by atoms with van der Waals surface area (Å²) in [7, 11) is 0. The third-order valence-electron chi connectivity index (χ3n) is 2.64. The molecule has 0 bridgehead atoms. The monoisotopic (exact) mass is 127 g/mol. The van der Waals surface area contributed by atoms with Crippen molar-refractivity contribution in [3.63, 3.8) is 0 Å². The molecule has 0 spiro atoms. The van der Waals surface area contributed by atoms with E-state index in [1.165, 1.54) is 6.42 Å². The Morgan fingerprint density at radius 3 is 2.56 bits per heavy atom. The van der Waals surface area contributed by atoms with E-state index in [0.717, 1.165) is 24.9 Å². The highest BCUT2D eigenvalue weighted by Crippen LogP contribution is 2.38. The van der Waals surface area contributed by atoms with Crippen LogP contribution in [-0.2, 0) is 0 Å². The number of nitrogens with two attached hydrogens (primary N) is 2. The standard InChI is InChI=1S/C6H13N3/c7-6-1-4-2-9(8)3-5(4)6/h4-6H,1-3,7-8H2/t4-,5+,6-/m1/s1. The summed E-state index contributed by atoms with van der Waals surface area (Å²) in [6, 6.07) is 0.448. The van der Waals surface area contributed by atoms with Crippen molar-refractivity contribution in [3.05, 3.63) is 0 Å². The lowest BCUT2D eigenvalue weighted by Crippen LogP contribution is -2.46. The number of nitrogens with zero attached hydrogens (tertiary/aromatic N) is 1. The van der Waals surface area contributed by atoms with Crippen LogP contribution < -0.4 is 11.6 Å². The molecule has 1 aliphatic carbocycles. The maximum atomic E-state index is 5.74. The molecule has 0 aromatic rings. The van der Waals surface area contributed by atoms with Gasteiger partial charge in [-0.2, -0.15) is 0 Å². The molecule has 0 amide bonds. The van der Waals surface area contributed by atoms with E-state index in [4.69, 9.17) is 11.6 Å². The van der Waals surface area contributed by atoms with Crippen LogP contribution in [-0.4, -0.2) is 24.1 Å². The Morgan fingerprint density at radius 1 is 1.33 bits per heavy atom. The minimum Gasteiger partial charge on any atom is -0.327 e. The highest BCUT2D eigenvalue weighted by atomic mass is 15.4.